The highest BCUT2D eigenvalue weighted by atomic mass is 16.5. The fraction of sp³-hybridized carbons (Fsp3) is 0.182. The number of hydrogen-bond donors (Lipinski definition) is 0. The summed E-state index contributed by atoms with van der Waals surface area (Å²) >= 11 is 0. The second-order valence-corrected chi connectivity index (χ2v) is 6.75. The topological polar surface area (TPSA) is 74.8 Å². The number of aryl methyl sites for hydroxylation is 1. The molecule has 0 atom stereocenters. The van der Waals surface area contributed by atoms with Gasteiger partial charge >= 0.3 is 0 Å². The Kier molecular flexibility index (Phi) is 4.95. The van der Waals surface area contributed by atoms with Crippen LogP contribution in [0.15, 0.2) is 60.7 Å². The van der Waals surface area contributed by atoms with Crippen LogP contribution in [-0.2, 0) is 6.54 Å². The number of rotatable bonds is 6. The Morgan fingerprint density at radius 3 is 2.45 bits per heavy atom. The van der Waals surface area contributed by atoms with Crippen molar-refractivity contribution in [2.75, 3.05) is 7.11 Å². The Balaban J connectivity index is 1.57. The van der Waals surface area contributed by atoms with Crippen LogP contribution in [0.4, 0.5) is 0 Å². The van der Waals surface area contributed by atoms with Crippen LogP contribution in [0, 0.1) is 13.8 Å². The van der Waals surface area contributed by atoms with E-state index in [1.807, 2.05) is 74.5 Å². The zero-order chi connectivity index (χ0) is 20.4. The zero-order valence-corrected chi connectivity index (χ0v) is 16.5. The molecule has 0 spiro atoms. The molecule has 4 aromatic rings. The van der Waals surface area contributed by atoms with E-state index in [-0.39, 0.29) is 12.3 Å². The van der Waals surface area contributed by atoms with Crippen molar-refractivity contribution in [3.8, 4) is 22.8 Å². The van der Waals surface area contributed by atoms with E-state index in [0.717, 1.165) is 28.4 Å². The highest BCUT2D eigenvalue weighted by molar-refractivity contribution is 5.97. The number of hydrogen-bond acceptors (Lipinski definition) is 5. The van der Waals surface area contributed by atoms with Crippen LogP contribution in [0.1, 0.15) is 21.7 Å². The van der Waals surface area contributed by atoms with Crippen LogP contribution >= 0.6 is 0 Å². The van der Waals surface area contributed by atoms with E-state index in [9.17, 15) is 4.79 Å². The third-order valence-corrected chi connectivity index (χ3v) is 4.83. The van der Waals surface area contributed by atoms with Crippen molar-refractivity contribution in [2.24, 2.45) is 0 Å². The van der Waals surface area contributed by atoms with E-state index < -0.39 is 0 Å². The average molecular weight is 387 g/mol. The van der Waals surface area contributed by atoms with Crippen LogP contribution in [0.5, 0.6) is 5.75 Å². The van der Waals surface area contributed by atoms with Gasteiger partial charge in [-0.25, -0.2) is 0 Å². The van der Waals surface area contributed by atoms with Gasteiger partial charge in [0, 0.05) is 28.2 Å². The number of carbonyl (C=O) groups is 1. The number of methoxy groups -OCH3 is 1. The Morgan fingerprint density at radius 1 is 1.03 bits per heavy atom. The third kappa shape index (κ3) is 3.67. The molecule has 0 aliphatic rings. The number of carbonyl (C=O) groups excluding carboxylic acids is 1. The molecule has 0 unspecified atom stereocenters. The average Bonchev–Trinajstić information content (AvgIpc) is 3.33. The maximum Gasteiger partial charge on any atom is 0.204 e. The maximum absolute atomic E-state index is 12.9. The van der Waals surface area contributed by atoms with Crippen LogP contribution in [0.2, 0.25) is 0 Å². The van der Waals surface area contributed by atoms with Crippen molar-refractivity contribution in [1.29, 1.82) is 0 Å². The van der Waals surface area contributed by atoms with Crippen molar-refractivity contribution >= 4 is 5.78 Å². The summed E-state index contributed by atoms with van der Waals surface area (Å²) < 4.78 is 7.28. The summed E-state index contributed by atoms with van der Waals surface area (Å²) in [6.45, 7) is 3.95. The van der Waals surface area contributed by atoms with E-state index in [4.69, 9.17) is 4.74 Å². The normalized spacial score (nSPS) is 10.9. The van der Waals surface area contributed by atoms with Crippen LogP contribution in [0.3, 0.4) is 0 Å². The van der Waals surface area contributed by atoms with Crippen molar-refractivity contribution < 1.29 is 9.53 Å². The van der Waals surface area contributed by atoms with Crippen molar-refractivity contribution in [3.05, 3.63) is 77.6 Å². The van der Waals surface area contributed by atoms with E-state index in [0.29, 0.717) is 11.4 Å². The predicted molar refractivity (Wildman–Crippen MR) is 109 cm³/mol. The minimum absolute atomic E-state index is 0.0345. The smallest absolute Gasteiger partial charge is 0.204 e. The van der Waals surface area contributed by atoms with Crippen molar-refractivity contribution in [1.82, 2.24) is 24.8 Å². The highest BCUT2D eigenvalue weighted by Gasteiger charge is 2.18. The highest BCUT2D eigenvalue weighted by Crippen LogP contribution is 2.23. The summed E-state index contributed by atoms with van der Waals surface area (Å²) in [7, 11) is 1.64. The summed E-state index contributed by atoms with van der Waals surface area (Å²) in [5, 5.41) is 12.4. The second kappa shape index (κ2) is 7.71. The van der Waals surface area contributed by atoms with Crippen molar-refractivity contribution in [2.45, 2.75) is 20.4 Å². The first-order valence-electron chi connectivity index (χ1n) is 9.26. The number of nitrogens with zero attached hydrogens (tertiary/aromatic N) is 5. The number of Topliss-reactive ketones (excluding diaryl/α,β-unsaturated/α-hetero) is 1. The summed E-state index contributed by atoms with van der Waals surface area (Å²) in [5.74, 6) is 1.23. The first-order chi connectivity index (χ1) is 14.1. The molecular formula is C22H21N5O2. The summed E-state index contributed by atoms with van der Waals surface area (Å²) in [4.78, 5) is 14.3. The lowest BCUT2D eigenvalue weighted by atomic mass is 10.1. The van der Waals surface area contributed by atoms with Crippen LogP contribution in [-0.4, -0.2) is 37.7 Å². The molecule has 0 bridgehead atoms. The number of tetrazole rings is 1. The van der Waals surface area contributed by atoms with Crippen LogP contribution < -0.4 is 4.74 Å². The fourth-order valence-corrected chi connectivity index (χ4v) is 3.40. The van der Waals surface area contributed by atoms with Gasteiger partial charge in [0.05, 0.1) is 7.11 Å². The minimum atomic E-state index is -0.0603. The Hall–Kier alpha value is -3.74. The quantitative estimate of drug-likeness (QED) is 0.472. The molecule has 0 amide bonds. The van der Waals surface area contributed by atoms with Gasteiger partial charge in [0.1, 0.15) is 12.3 Å². The molecule has 7 nitrogen and oxygen atoms in total. The molecular weight excluding hydrogens is 366 g/mol. The lowest BCUT2D eigenvalue weighted by molar-refractivity contribution is 0.0961. The molecule has 0 radical (unpaired) electrons. The summed E-state index contributed by atoms with van der Waals surface area (Å²) in [6.07, 6.45) is 0. The number of benzene rings is 2. The Labute approximate surface area is 168 Å². The van der Waals surface area contributed by atoms with Gasteiger partial charge in [0.15, 0.2) is 5.78 Å². The largest absolute Gasteiger partial charge is 0.497 e. The second-order valence-electron chi connectivity index (χ2n) is 6.75. The lowest BCUT2D eigenvalue weighted by Crippen LogP contribution is -2.14. The Bertz CT molecular complexity index is 1140. The molecule has 4 rings (SSSR count). The zero-order valence-electron chi connectivity index (χ0n) is 16.5. The standard InChI is InChI=1S/C22H21N5O2/c1-15-13-20(16(2)27(15)18-9-11-19(29-3)12-10-18)21(28)14-26-24-22(23-25-26)17-7-5-4-6-8-17/h4-13H,14H2,1-3H3. The van der Waals surface area contributed by atoms with Crippen molar-refractivity contribution in [3.63, 3.8) is 0 Å². The Morgan fingerprint density at radius 2 is 1.76 bits per heavy atom. The lowest BCUT2D eigenvalue weighted by Gasteiger charge is -2.10. The molecule has 0 aliphatic heterocycles. The van der Waals surface area contributed by atoms with Gasteiger partial charge < -0.3 is 9.30 Å². The van der Waals surface area contributed by atoms with Crippen LogP contribution in [0.25, 0.3) is 17.1 Å². The molecule has 0 saturated carbocycles. The first kappa shape index (κ1) is 18.6. The number of ether oxygens (including phenoxy) is 1. The molecule has 2 aromatic carbocycles. The fourth-order valence-electron chi connectivity index (χ4n) is 3.40. The SMILES string of the molecule is COc1ccc(-n2c(C)cc(C(=O)Cn3nnc(-c4ccccc4)n3)c2C)cc1. The maximum atomic E-state index is 12.9. The number of aromatic nitrogens is 5. The molecule has 146 valence electrons. The van der Waals surface area contributed by atoms with E-state index >= 15 is 0 Å². The van der Waals surface area contributed by atoms with E-state index in [1.54, 1.807) is 7.11 Å². The molecule has 7 heteroatoms. The summed E-state index contributed by atoms with van der Waals surface area (Å²) in [5.41, 5.74) is 4.35. The molecule has 0 N–H and O–H groups in total. The minimum Gasteiger partial charge on any atom is -0.497 e. The van der Waals surface area contributed by atoms with Gasteiger partial charge in [0.25, 0.3) is 0 Å². The first-order valence-corrected chi connectivity index (χ1v) is 9.26. The van der Waals surface area contributed by atoms with Gasteiger partial charge in [-0.1, -0.05) is 30.3 Å². The molecule has 0 saturated heterocycles. The molecule has 2 heterocycles. The van der Waals surface area contributed by atoms with Gasteiger partial charge in [-0.2, -0.15) is 4.80 Å². The van der Waals surface area contributed by atoms with Gasteiger partial charge in [0.2, 0.25) is 5.82 Å². The molecule has 29 heavy (non-hydrogen) atoms. The summed E-state index contributed by atoms with van der Waals surface area (Å²) in [6, 6.07) is 19.2. The monoisotopic (exact) mass is 387 g/mol. The number of ketones is 1. The molecule has 0 aliphatic carbocycles. The van der Waals surface area contributed by atoms with E-state index in [2.05, 4.69) is 20.0 Å². The molecule has 0 fully saturated rings. The van der Waals surface area contributed by atoms with Gasteiger partial charge in [-0.15, -0.1) is 10.2 Å². The molecule has 2 aromatic heterocycles. The third-order valence-electron chi connectivity index (χ3n) is 4.83. The van der Waals surface area contributed by atoms with E-state index in [1.165, 1.54) is 4.80 Å². The predicted octanol–water partition coefficient (Wildman–Crippen LogP) is 3.64. The van der Waals surface area contributed by atoms with Gasteiger partial charge in [-0.05, 0) is 49.4 Å². The van der Waals surface area contributed by atoms with Gasteiger partial charge in [-0.3, -0.25) is 4.79 Å².